The predicted octanol–water partition coefficient (Wildman–Crippen LogP) is 2.88. The van der Waals surface area contributed by atoms with Crippen LogP contribution in [0.25, 0.3) is 5.57 Å². The van der Waals surface area contributed by atoms with Gasteiger partial charge in [0.15, 0.2) is 0 Å². The van der Waals surface area contributed by atoms with Gasteiger partial charge in [0, 0.05) is 19.7 Å². The number of likely N-dealkylation sites (N-methyl/N-ethyl adjacent to an activating group) is 1. The standard InChI is InChI=1S/C14H19NO/c1-10-8-6-7-9-13(10)11(2)12(3)14(16)15(4)5/h6-9H,1-5H3/b12-11+. The SMILES string of the molecule is C/C(C(=O)N(C)C)=C(/C)c1ccccc1C. The average molecular weight is 217 g/mol. The van der Waals surface area contributed by atoms with Crippen LogP contribution in [0.3, 0.4) is 0 Å². The molecule has 0 aliphatic heterocycles. The number of carbonyl (C=O) groups is 1. The molecule has 1 aromatic rings. The van der Waals surface area contributed by atoms with Gasteiger partial charge in [-0.3, -0.25) is 4.79 Å². The van der Waals surface area contributed by atoms with Crippen molar-refractivity contribution in [1.29, 1.82) is 0 Å². The summed E-state index contributed by atoms with van der Waals surface area (Å²) in [5, 5.41) is 0. The Morgan fingerprint density at radius 1 is 1.12 bits per heavy atom. The molecule has 2 nitrogen and oxygen atoms in total. The lowest BCUT2D eigenvalue weighted by atomic mass is 9.97. The second kappa shape index (κ2) is 4.97. The number of benzene rings is 1. The molecule has 86 valence electrons. The summed E-state index contributed by atoms with van der Waals surface area (Å²) in [5.41, 5.74) is 4.21. The van der Waals surface area contributed by atoms with Gasteiger partial charge in [-0.2, -0.15) is 0 Å². The number of allylic oxidation sites excluding steroid dienone is 1. The Labute approximate surface area is 97.6 Å². The van der Waals surface area contributed by atoms with E-state index in [2.05, 4.69) is 19.1 Å². The molecular formula is C14H19NO. The summed E-state index contributed by atoms with van der Waals surface area (Å²) < 4.78 is 0. The molecule has 0 N–H and O–H groups in total. The van der Waals surface area contributed by atoms with Crippen LogP contribution < -0.4 is 0 Å². The molecule has 16 heavy (non-hydrogen) atoms. The average Bonchev–Trinajstić information content (AvgIpc) is 2.26. The van der Waals surface area contributed by atoms with Gasteiger partial charge in [-0.05, 0) is 37.5 Å². The van der Waals surface area contributed by atoms with Crippen LogP contribution in [0.4, 0.5) is 0 Å². The first-order chi connectivity index (χ1) is 7.45. The van der Waals surface area contributed by atoms with Gasteiger partial charge < -0.3 is 4.90 Å². The Hall–Kier alpha value is -1.57. The third-order valence-electron chi connectivity index (χ3n) is 2.84. The summed E-state index contributed by atoms with van der Waals surface area (Å²) in [6, 6.07) is 8.12. The van der Waals surface area contributed by atoms with E-state index in [1.807, 2.05) is 26.0 Å². The summed E-state index contributed by atoms with van der Waals surface area (Å²) in [6.45, 7) is 5.94. The maximum Gasteiger partial charge on any atom is 0.249 e. The molecular weight excluding hydrogens is 198 g/mol. The van der Waals surface area contributed by atoms with Gasteiger partial charge in [-0.1, -0.05) is 24.3 Å². The van der Waals surface area contributed by atoms with E-state index in [0.29, 0.717) is 0 Å². The third kappa shape index (κ3) is 2.51. The number of hydrogen-bond acceptors (Lipinski definition) is 1. The molecule has 1 amide bonds. The molecule has 0 unspecified atom stereocenters. The molecule has 0 aliphatic rings. The fourth-order valence-electron chi connectivity index (χ4n) is 1.69. The Balaban J connectivity index is 3.19. The molecule has 0 radical (unpaired) electrons. The van der Waals surface area contributed by atoms with Crippen LogP contribution >= 0.6 is 0 Å². The van der Waals surface area contributed by atoms with E-state index >= 15 is 0 Å². The zero-order chi connectivity index (χ0) is 12.3. The summed E-state index contributed by atoms with van der Waals surface area (Å²) >= 11 is 0. The van der Waals surface area contributed by atoms with E-state index in [-0.39, 0.29) is 5.91 Å². The Kier molecular flexibility index (Phi) is 3.88. The van der Waals surface area contributed by atoms with Gasteiger partial charge in [0.2, 0.25) is 5.91 Å². The lowest BCUT2D eigenvalue weighted by Gasteiger charge is -2.14. The van der Waals surface area contributed by atoms with Gasteiger partial charge in [0.25, 0.3) is 0 Å². The molecule has 0 atom stereocenters. The highest BCUT2D eigenvalue weighted by Crippen LogP contribution is 2.22. The maximum absolute atomic E-state index is 11.8. The van der Waals surface area contributed by atoms with Crippen LogP contribution in [0.1, 0.15) is 25.0 Å². The van der Waals surface area contributed by atoms with E-state index in [1.54, 1.807) is 19.0 Å². The molecule has 0 spiro atoms. The predicted molar refractivity (Wildman–Crippen MR) is 68.1 cm³/mol. The number of rotatable bonds is 2. The van der Waals surface area contributed by atoms with Gasteiger partial charge in [-0.15, -0.1) is 0 Å². The van der Waals surface area contributed by atoms with E-state index in [0.717, 1.165) is 16.7 Å². The third-order valence-corrected chi connectivity index (χ3v) is 2.84. The molecule has 0 aromatic heterocycles. The van der Waals surface area contributed by atoms with Crippen LogP contribution in [0, 0.1) is 6.92 Å². The number of amides is 1. The molecule has 0 aliphatic carbocycles. The minimum atomic E-state index is 0.0701. The van der Waals surface area contributed by atoms with Gasteiger partial charge in [-0.25, -0.2) is 0 Å². The first-order valence-corrected chi connectivity index (χ1v) is 5.40. The summed E-state index contributed by atoms with van der Waals surface area (Å²) in [6.07, 6.45) is 0. The number of carbonyl (C=O) groups excluding carboxylic acids is 1. The first kappa shape index (κ1) is 12.5. The van der Waals surface area contributed by atoms with Gasteiger partial charge in [0.05, 0.1) is 0 Å². The molecule has 1 rings (SSSR count). The Bertz CT molecular complexity index is 430. The topological polar surface area (TPSA) is 20.3 Å². The summed E-state index contributed by atoms with van der Waals surface area (Å²) in [7, 11) is 3.55. The number of aryl methyl sites for hydroxylation is 1. The minimum Gasteiger partial charge on any atom is -0.345 e. The van der Waals surface area contributed by atoms with Crippen LogP contribution in [0.2, 0.25) is 0 Å². The van der Waals surface area contributed by atoms with Crippen LogP contribution in [0.15, 0.2) is 29.8 Å². The smallest absolute Gasteiger partial charge is 0.249 e. The fraction of sp³-hybridized carbons (Fsp3) is 0.357. The molecule has 0 bridgehead atoms. The first-order valence-electron chi connectivity index (χ1n) is 5.40. The van der Waals surface area contributed by atoms with Crippen molar-refractivity contribution in [3.05, 3.63) is 41.0 Å². The molecule has 0 heterocycles. The second-order valence-electron chi connectivity index (χ2n) is 4.26. The molecule has 0 fully saturated rings. The highest BCUT2D eigenvalue weighted by molar-refractivity contribution is 6.00. The largest absolute Gasteiger partial charge is 0.345 e. The number of nitrogens with zero attached hydrogens (tertiary/aromatic N) is 1. The second-order valence-corrected chi connectivity index (χ2v) is 4.26. The van der Waals surface area contributed by atoms with Gasteiger partial charge >= 0.3 is 0 Å². The lowest BCUT2D eigenvalue weighted by molar-refractivity contribution is -0.124. The normalized spacial score (nSPS) is 12.1. The van der Waals surface area contributed by atoms with Crippen LogP contribution in [0.5, 0.6) is 0 Å². The van der Waals surface area contributed by atoms with Crippen LogP contribution in [-0.4, -0.2) is 24.9 Å². The monoisotopic (exact) mass is 217 g/mol. The van der Waals surface area contributed by atoms with Crippen molar-refractivity contribution >= 4 is 11.5 Å². The van der Waals surface area contributed by atoms with Crippen molar-refractivity contribution in [1.82, 2.24) is 4.90 Å². The van der Waals surface area contributed by atoms with Crippen molar-refractivity contribution in [2.24, 2.45) is 0 Å². The lowest BCUT2D eigenvalue weighted by Crippen LogP contribution is -2.23. The van der Waals surface area contributed by atoms with Crippen LogP contribution in [-0.2, 0) is 4.79 Å². The summed E-state index contributed by atoms with van der Waals surface area (Å²) in [5.74, 6) is 0.0701. The van der Waals surface area contributed by atoms with E-state index in [4.69, 9.17) is 0 Å². The number of hydrogen-bond donors (Lipinski definition) is 0. The highest BCUT2D eigenvalue weighted by atomic mass is 16.2. The van der Waals surface area contributed by atoms with E-state index in [9.17, 15) is 4.79 Å². The van der Waals surface area contributed by atoms with Crippen molar-refractivity contribution < 1.29 is 4.79 Å². The zero-order valence-corrected chi connectivity index (χ0v) is 10.7. The fourth-order valence-corrected chi connectivity index (χ4v) is 1.69. The molecule has 1 aromatic carbocycles. The van der Waals surface area contributed by atoms with Crippen molar-refractivity contribution in [2.45, 2.75) is 20.8 Å². The zero-order valence-electron chi connectivity index (χ0n) is 10.7. The Morgan fingerprint density at radius 2 is 1.69 bits per heavy atom. The Morgan fingerprint density at radius 3 is 2.19 bits per heavy atom. The van der Waals surface area contributed by atoms with Gasteiger partial charge in [0.1, 0.15) is 0 Å². The molecule has 0 saturated heterocycles. The van der Waals surface area contributed by atoms with Crippen molar-refractivity contribution in [3.8, 4) is 0 Å². The molecule has 2 heteroatoms. The quantitative estimate of drug-likeness (QED) is 0.697. The summed E-state index contributed by atoms with van der Waals surface area (Å²) in [4.78, 5) is 13.4. The van der Waals surface area contributed by atoms with Crippen molar-refractivity contribution in [3.63, 3.8) is 0 Å². The van der Waals surface area contributed by atoms with E-state index < -0.39 is 0 Å². The highest BCUT2D eigenvalue weighted by Gasteiger charge is 2.11. The molecule has 0 saturated carbocycles. The van der Waals surface area contributed by atoms with E-state index in [1.165, 1.54) is 5.56 Å². The van der Waals surface area contributed by atoms with Crippen molar-refractivity contribution in [2.75, 3.05) is 14.1 Å². The minimum absolute atomic E-state index is 0.0701. The maximum atomic E-state index is 11.8.